The second-order valence-electron chi connectivity index (χ2n) is 6.86. The van der Waals surface area contributed by atoms with Gasteiger partial charge in [-0.3, -0.25) is 0 Å². The van der Waals surface area contributed by atoms with Crippen LogP contribution in [0.2, 0.25) is 0 Å². The Balaban J connectivity index is 1.41. The smallest absolute Gasteiger partial charge is 0.318 e. The highest BCUT2D eigenvalue weighted by atomic mass is 19.1. The lowest BCUT2D eigenvalue weighted by Crippen LogP contribution is -2.51. The van der Waals surface area contributed by atoms with Crippen molar-refractivity contribution < 1.29 is 18.7 Å². The zero-order valence-electron chi connectivity index (χ0n) is 13.8. The minimum Gasteiger partial charge on any atom is -0.464 e. The predicted molar refractivity (Wildman–Crippen MR) is 90.2 cm³/mol. The summed E-state index contributed by atoms with van der Waals surface area (Å²) in [4.78, 5) is 14.3. The molecule has 2 aliphatic rings. The Kier molecular flexibility index (Phi) is 4.21. The molecule has 2 amide bonds. The van der Waals surface area contributed by atoms with E-state index in [0.29, 0.717) is 29.7 Å². The van der Waals surface area contributed by atoms with Gasteiger partial charge >= 0.3 is 6.03 Å². The van der Waals surface area contributed by atoms with Gasteiger partial charge in [0.25, 0.3) is 0 Å². The molecular formula is C19H21FN2O3. The molecule has 1 aromatic carbocycles. The third-order valence-electron chi connectivity index (χ3n) is 5.23. The number of piperidine rings is 1. The van der Waals surface area contributed by atoms with Gasteiger partial charge in [0.15, 0.2) is 0 Å². The van der Waals surface area contributed by atoms with Crippen LogP contribution in [-0.4, -0.2) is 34.2 Å². The third kappa shape index (κ3) is 3.14. The first-order valence-corrected chi connectivity index (χ1v) is 8.68. The van der Waals surface area contributed by atoms with Crippen LogP contribution in [0, 0.1) is 5.82 Å². The minimum atomic E-state index is -0.369. The van der Waals surface area contributed by atoms with E-state index in [4.69, 9.17) is 4.42 Å². The Morgan fingerprint density at radius 3 is 2.68 bits per heavy atom. The Labute approximate surface area is 145 Å². The summed E-state index contributed by atoms with van der Waals surface area (Å²) in [6.45, 7) is 0.140. The number of rotatable bonds is 3. The first kappa shape index (κ1) is 16.1. The molecule has 0 spiro atoms. The fourth-order valence-corrected chi connectivity index (χ4v) is 4.03. The van der Waals surface area contributed by atoms with E-state index < -0.39 is 0 Å². The zero-order chi connectivity index (χ0) is 17.4. The van der Waals surface area contributed by atoms with Crippen LogP contribution in [0.15, 0.2) is 41.0 Å². The number of aliphatic hydroxyl groups excluding tert-OH is 1. The van der Waals surface area contributed by atoms with Crippen molar-refractivity contribution in [2.45, 2.75) is 50.4 Å². The molecule has 2 bridgehead atoms. The van der Waals surface area contributed by atoms with Gasteiger partial charge in [0.05, 0.1) is 12.4 Å². The molecule has 0 radical (unpaired) electrons. The van der Waals surface area contributed by atoms with E-state index in [-0.39, 0.29) is 36.6 Å². The molecule has 4 rings (SSSR count). The van der Waals surface area contributed by atoms with Gasteiger partial charge in [-0.1, -0.05) is 12.1 Å². The second-order valence-corrected chi connectivity index (χ2v) is 6.86. The van der Waals surface area contributed by atoms with Crippen molar-refractivity contribution in [1.82, 2.24) is 10.2 Å². The molecule has 5 nitrogen and oxygen atoms in total. The summed E-state index contributed by atoms with van der Waals surface area (Å²) in [5.41, 5.74) is 1.11. The van der Waals surface area contributed by atoms with Gasteiger partial charge in [-0.15, -0.1) is 0 Å². The molecule has 2 N–H and O–H groups in total. The third-order valence-corrected chi connectivity index (χ3v) is 5.23. The monoisotopic (exact) mass is 344 g/mol. The average molecular weight is 344 g/mol. The summed E-state index contributed by atoms with van der Waals surface area (Å²) in [7, 11) is 0. The van der Waals surface area contributed by atoms with Crippen LogP contribution in [0.1, 0.15) is 31.2 Å². The van der Waals surface area contributed by atoms with Crippen molar-refractivity contribution in [3.63, 3.8) is 0 Å². The number of carbonyl (C=O) groups excluding carboxylic acids is 1. The van der Waals surface area contributed by atoms with Gasteiger partial charge in [0.2, 0.25) is 0 Å². The van der Waals surface area contributed by atoms with Crippen LogP contribution in [0.3, 0.4) is 0 Å². The molecule has 2 saturated heterocycles. The number of nitrogens with zero attached hydrogens (tertiary/aromatic N) is 1. The van der Waals surface area contributed by atoms with E-state index >= 15 is 0 Å². The van der Waals surface area contributed by atoms with E-state index in [0.717, 1.165) is 12.8 Å². The lowest BCUT2D eigenvalue weighted by atomic mass is 10.0. The summed E-state index contributed by atoms with van der Waals surface area (Å²) >= 11 is 0. The van der Waals surface area contributed by atoms with Crippen LogP contribution in [-0.2, 0) is 6.54 Å². The maximum absolute atomic E-state index is 14.3. The second kappa shape index (κ2) is 6.52. The number of furan rings is 1. The Morgan fingerprint density at radius 1 is 1.28 bits per heavy atom. The molecule has 2 aliphatic heterocycles. The number of nitrogens with one attached hydrogen (secondary N) is 1. The number of hydrogen-bond acceptors (Lipinski definition) is 3. The number of aliphatic hydroxyl groups is 1. The van der Waals surface area contributed by atoms with Gasteiger partial charge in [0.1, 0.15) is 11.6 Å². The predicted octanol–water partition coefficient (Wildman–Crippen LogP) is 3.28. The highest BCUT2D eigenvalue weighted by Gasteiger charge is 2.42. The van der Waals surface area contributed by atoms with Crippen molar-refractivity contribution in [3.8, 4) is 11.3 Å². The molecule has 6 heteroatoms. The number of amides is 2. The molecule has 25 heavy (non-hydrogen) atoms. The number of benzene rings is 1. The van der Waals surface area contributed by atoms with Gasteiger partial charge in [-0.25, -0.2) is 9.18 Å². The standard InChI is InChI=1S/C19H21FN2O3/c20-17-8-12(18-2-1-7-25-18)3-4-13(17)11-21-19(24)22-14-5-6-15(22)10-16(23)9-14/h1-4,7-8,14-16,23H,5-6,9-11H2,(H,21,24)/t14-,15-/m0/s1. The molecule has 1 aromatic heterocycles. The van der Waals surface area contributed by atoms with Crippen molar-refractivity contribution in [2.75, 3.05) is 0 Å². The van der Waals surface area contributed by atoms with Crippen LogP contribution >= 0.6 is 0 Å². The molecule has 0 aliphatic carbocycles. The Morgan fingerprint density at radius 2 is 2.04 bits per heavy atom. The molecular weight excluding hydrogens is 323 g/mol. The van der Waals surface area contributed by atoms with Gasteiger partial charge in [-0.2, -0.15) is 0 Å². The number of halogens is 1. The first-order valence-electron chi connectivity index (χ1n) is 8.68. The van der Waals surface area contributed by atoms with Crippen LogP contribution in [0.25, 0.3) is 11.3 Å². The Hall–Kier alpha value is -2.34. The first-order chi connectivity index (χ1) is 12.1. The molecule has 2 atom stereocenters. The van der Waals surface area contributed by atoms with Crippen LogP contribution in [0.4, 0.5) is 9.18 Å². The lowest BCUT2D eigenvalue weighted by molar-refractivity contribution is 0.0541. The molecule has 0 saturated carbocycles. The van der Waals surface area contributed by atoms with E-state index in [2.05, 4.69) is 5.32 Å². The van der Waals surface area contributed by atoms with Crippen molar-refractivity contribution >= 4 is 6.03 Å². The van der Waals surface area contributed by atoms with Gasteiger partial charge < -0.3 is 19.7 Å². The molecule has 132 valence electrons. The maximum Gasteiger partial charge on any atom is 0.318 e. The van der Waals surface area contributed by atoms with E-state index in [1.165, 1.54) is 6.07 Å². The molecule has 0 unspecified atom stereocenters. The summed E-state index contributed by atoms with van der Waals surface area (Å²) in [6.07, 6.45) is 4.37. The van der Waals surface area contributed by atoms with Gasteiger partial charge in [-0.05, 0) is 43.9 Å². The van der Waals surface area contributed by atoms with Gasteiger partial charge in [0, 0.05) is 29.8 Å². The highest BCUT2D eigenvalue weighted by molar-refractivity contribution is 5.75. The van der Waals surface area contributed by atoms with Crippen molar-refractivity contribution in [1.29, 1.82) is 0 Å². The fraction of sp³-hybridized carbons (Fsp3) is 0.421. The zero-order valence-corrected chi connectivity index (χ0v) is 13.8. The van der Waals surface area contributed by atoms with Crippen LogP contribution < -0.4 is 5.32 Å². The normalized spacial score (nSPS) is 25.2. The number of urea groups is 1. The Bertz CT molecular complexity index is 748. The van der Waals surface area contributed by atoms with E-state index in [9.17, 15) is 14.3 Å². The van der Waals surface area contributed by atoms with E-state index in [1.54, 1.807) is 30.5 Å². The lowest BCUT2D eigenvalue weighted by Gasteiger charge is -2.37. The van der Waals surface area contributed by atoms with E-state index in [1.807, 2.05) is 4.90 Å². The quantitative estimate of drug-likeness (QED) is 0.898. The average Bonchev–Trinajstić information content (AvgIpc) is 3.21. The highest BCUT2D eigenvalue weighted by Crippen LogP contribution is 2.35. The number of fused-ring (bicyclic) bond motifs is 2. The van der Waals surface area contributed by atoms with Crippen molar-refractivity contribution in [3.05, 3.63) is 48.0 Å². The molecule has 3 heterocycles. The fourth-order valence-electron chi connectivity index (χ4n) is 4.03. The SMILES string of the molecule is O=C(NCc1ccc(-c2ccco2)cc1F)N1[C@H]2CC[C@H]1CC(O)C2. The number of hydrogen-bond donors (Lipinski definition) is 2. The van der Waals surface area contributed by atoms with Crippen LogP contribution in [0.5, 0.6) is 0 Å². The summed E-state index contributed by atoms with van der Waals surface area (Å²) in [5.74, 6) is 0.240. The molecule has 2 fully saturated rings. The minimum absolute atomic E-state index is 0.0972. The largest absolute Gasteiger partial charge is 0.464 e. The maximum atomic E-state index is 14.3. The van der Waals surface area contributed by atoms with Crippen molar-refractivity contribution in [2.24, 2.45) is 0 Å². The topological polar surface area (TPSA) is 65.7 Å². The summed E-state index contributed by atoms with van der Waals surface area (Å²) in [5, 5.41) is 12.6. The summed E-state index contributed by atoms with van der Waals surface area (Å²) < 4.78 is 19.6. The molecule has 2 aromatic rings. The number of carbonyl (C=O) groups is 1. The summed E-state index contributed by atoms with van der Waals surface area (Å²) in [6, 6.07) is 8.42.